The quantitative estimate of drug-likeness (QED) is 0.898. The second-order valence-corrected chi connectivity index (χ2v) is 4.98. The second kappa shape index (κ2) is 5.24. The van der Waals surface area contributed by atoms with Gasteiger partial charge in [0.25, 0.3) is 0 Å². The summed E-state index contributed by atoms with van der Waals surface area (Å²) in [7, 11) is 1.44. The molecular weight excluding hydrogens is 235 g/mol. The van der Waals surface area contributed by atoms with Crippen LogP contribution in [0.25, 0.3) is 0 Å². The van der Waals surface area contributed by atoms with E-state index in [0.29, 0.717) is 26.1 Å². The smallest absolute Gasteiger partial charge is 0.165 e. The third kappa shape index (κ3) is 2.65. The molecule has 1 aliphatic heterocycles. The van der Waals surface area contributed by atoms with Gasteiger partial charge in [-0.1, -0.05) is 13.0 Å². The molecule has 1 fully saturated rings. The zero-order valence-corrected chi connectivity index (χ0v) is 10.8. The zero-order chi connectivity index (χ0) is 13.2. The van der Waals surface area contributed by atoms with Crippen LogP contribution >= 0.6 is 0 Å². The summed E-state index contributed by atoms with van der Waals surface area (Å²) >= 11 is 0. The lowest BCUT2D eigenvalue weighted by Gasteiger charge is -2.38. The van der Waals surface area contributed by atoms with E-state index in [1.807, 2.05) is 6.92 Å². The number of aliphatic hydroxyl groups is 1. The van der Waals surface area contributed by atoms with E-state index in [4.69, 9.17) is 9.47 Å². The molecule has 1 heterocycles. The summed E-state index contributed by atoms with van der Waals surface area (Å²) in [4.78, 5) is 0. The molecule has 4 heteroatoms. The molecule has 0 amide bonds. The van der Waals surface area contributed by atoms with Crippen molar-refractivity contribution in [2.75, 3.05) is 20.3 Å². The van der Waals surface area contributed by atoms with E-state index in [0.717, 1.165) is 5.56 Å². The number of halogens is 1. The summed E-state index contributed by atoms with van der Waals surface area (Å²) in [5.41, 5.74) is -0.0243. The normalized spacial score (nSPS) is 28.1. The number of methoxy groups -OCH3 is 1. The van der Waals surface area contributed by atoms with E-state index >= 15 is 0 Å². The summed E-state index contributed by atoms with van der Waals surface area (Å²) < 4.78 is 23.8. The van der Waals surface area contributed by atoms with Crippen LogP contribution in [-0.4, -0.2) is 31.0 Å². The summed E-state index contributed by atoms with van der Waals surface area (Å²) in [6, 6.07) is 4.82. The molecule has 3 nitrogen and oxygen atoms in total. The summed E-state index contributed by atoms with van der Waals surface area (Å²) in [6.07, 6.45) is 1.03. The van der Waals surface area contributed by atoms with Crippen molar-refractivity contribution < 1.29 is 19.0 Å². The molecule has 1 aromatic carbocycles. The molecule has 18 heavy (non-hydrogen) atoms. The molecule has 1 N–H and O–H groups in total. The van der Waals surface area contributed by atoms with Gasteiger partial charge in [-0.3, -0.25) is 0 Å². The van der Waals surface area contributed by atoms with E-state index < -0.39 is 11.4 Å². The van der Waals surface area contributed by atoms with E-state index in [1.54, 1.807) is 12.1 Å². The molecule has 2 unspecified atom stereocenters. The van der Waals surface area contributed by atoms with E-state index in [1.165, 1.54) is 13.2 Å². The molecule has 0 aliphatic carbocycles. The van der Waals surface area contributed by atoms with E-state index in [-0.39, 0.29) is 11.7 Å². The molecule has 0 radical (unpaired) electrons. The lowest BCUT2D eigenvalue weighted by Crippen LogP contribution is -2.45. The Bertz CT molecular complexity index is 422. The molecular formula is C14H19FO3. The molecule has 2 atom stereocenters. The first kappa shape index (κ1) is 13.3. The van der Waals surface area contributed by atoms with Gasteiger partial charge >= 0.3 is 0 Å². The van der Waals surface area contributed by atoms with Crippen molar-refractivity contribution in [1.29, 1.82) is 0 Å². The highest BCUT2D eigenvalue weighted by atomic mass is 19.1. The standard InChI is InChI=1S/C14H19FO3/c1-10-9-18-6-5-14(10,16)8-11-3-4-13(17-2)12(15)7-11/h3-4,7,10,16H,5-6,8-9H2,1-2H3. The van der Waals surface area contributed by atoms with Crippen molar-refractivity contribution in [3.05, 3.63) is 29.6 Å². The number of hydrogen-bond acceptors (Lipinski definition) is 3. The van der Waals surface area contributed by atoms with Crippen LogP contribution < -0.4 is 4.74 Å². The van der Waals surface area contributed by atoms with Crippen LogP contribution in [0.4, 0.5) is 4.39 Å². The van der Waals surface area contributed by atoms with Crippen molar-refractivity contribution >= 4 is 0 Å². The van der Waals surface area contributed by atoms with Crippen LogP contribution in [0.2, 0.25) is 0 Å². The van der Waals surface area contributed by atoms with Gasteiger partial charge in [0.05, 0.1) is 19.3 Å². The Morgan fingerprint density at radius 3 is 2.94 bits per heavy atom. The fourth-order valence-electron chi connectivity index (χ4n) is 2.35. The molecule has 1 aliphatic rings. The van der Waals surface area contributed by atoms with Gasteiger partial charge in [0, 0.05) is 25.4 Å². The van der Waals surface area contributed by atoms with Crippen LogP contribution in [0.1, 0.15) is 18.9 Å². The fourth-order valence-corrected chi connectivity index (χ4v) is 2.35. The zero-order valence-electron chi connectivity index (χ0n) is 10.8. The van der Waals surface area contributed by atoms with Gasteiger partial charge in [-0.25, -0.2) is 4.39 Å². The Labute approximate surface area is 107 Å². The topological polar surface area (TPSA) is 38.7 Å². The van der Waals surface area contributed by atoms with Crippen molar-refractivity contribution in [2.24, 2.45) is 5.92 Å². The third-order valence-electron chi connectivity index (χ3n) is 3.69. The minimum absolute atomic E-state index is 0.0522. The molecule has 0 aromatic heterocycles. The van der Waals surface area contributed by atoms with Gasteiger partial charge in [-0.05, 0) is 17.7 Å². The Kier molecular flexibility index (Phi) is 3.88. The van der Waals surface area contributed by atoms with Gasteiger partial charge in [0.15, 0.2) is 11.6 Å². The van der Waals surface area contributed by atoms with E-state index in [2.05, 4.69) is 0 Å². The first-order valence-corrected chi connectivity index (χ1v) is 6.18. The summed E-state index contributed by atoms with van der Waals surface area (Å²) in [5, 5.41) is 10.6. The SMILES string of the molecule is COc1ccc(CC2(O)CCOCC2C)cc1F. The average Bonchev–Trinajstić information content (AvgIpc) is 2.33. The largest absolute Gasteiger partial charge is 0.494 e. The average molecular weight is 254 g/mol. The lowest BCUT2D eigenvalue weighted by molar-refractivity contribution is -0.105. The van der Waals surface area contributed by atoms with E-state index in [9.17, 15) is 9.50 Å². The maximum absolute atomic E-state index is 13.6. The monoisotopic (exact) mass is 254 g/mol. The maximum Gasteiger partial charge on any atom is 0.165 e. The van der Waals surface area contributed by atoms with Crippen LogP contribution in [-0.2, 0) is 11.2 Å². The first-order chi connectivity index (χ1) is 8.55. The minimum Gasteiger partial charge on any atom is -0.494 e. The van der Waals surface area contributed by atoms with Gasteiger partial charge in [-0.15, -0.1) is 0 Å². The fraction of sp³-hybridized carbons (Fsp3) is 0.571. The number of rotatable bonds is 3. The van der Waals surface area contributed by atoms with Crippen molar-refractivity contribution in [3.8, 4) is 5.75 Å². The molecule has 0 spiro atoms. The highest BCUT2D eigenvalue weighted by Gasteiger charge is 2.36. The van der Waals surface area contributed by atoms with Crippen LogP contribution in [0.3, 0.4) is 0 Å². The highest BCUT2D eigenvalue weighted by Crippen LogP contribution is 2.31. The number of benzene rings is 1. The molecule has 0 bridgehead atoms. The Hall–Kier alpha value is -1.13. The summed E-state index contributed by atoms with van der Waals surface area (Å²) in [6.45, 7) is 3.06. The lowest BCUT2D eigenvalue weighted by atomic mass is 9.80. The molecule has 0 saturated carbocycles. The molecule has 100 valence electrons. The van der Waals surface area contributed by atoms with Gasteiger partial charge < -0.3 is 14.6 Å². The van der Waals surface area contributed by atoms with Gasteiger partial charge in [-0.2, -0.15) is 0 Å². The van der Waals surface area contributed by atoms with Crippen LogP contribution in [0, 0.1) is 11.7 Å². The third-order valence-corrected chi connectivity index (χ3v) is 3.69. The Balaban J connectivity index is 2.15. The highest BCUT2D eigenvalue weighted by molar-refractivity contribution is 5.30. The number of ether oxygens (including phenoxy) is 2. The van der Waals surface area contributed by atoms with Crippen molar-refractivity contribution in [2.45, 2.75) is 25.4 Å². The molecule has 1 saturated heterocycles. The van der Waals surface area contributed by atoms with Gasteiger partial charge in [0.2, 0.25) is 0 Å². The molecule has 1 aromatic rings. The van der Waals surface area contributed by atoms with Crippen molar-refractivity contribution in [1.82, 2.24) is 0 Å². The Morgan fingerprint density at radius 2 is 2.33 bits per heavy atom. The summed E-state index contributed by atoms with van der Waals surface area (Å²) in [5.74, 6) is -0.111. The number of hydrogen-bond donors (Lipinski definition) is 1. The molecule has 2 rings (SSSR count). The Morgan fingerprint density at radius 1 is 1.56 bits per heavy atom. The minimum atomic E-state index is -0.806. The van der Waals surface area contributed by atoms with Crippen LogP contribution in [0.15, 0.2) is 18.2 Å². The first-order valence-electron chi connectivity index (χ1n) is 6.18. The predicted octanol–water partition coefficient (Wildman–Crippen LogP) is 2.16. The van der Waals surface area contributed by atoms with Crippen molar-refractivity contribution in [3.63, 3.8) is 0 Å². The van der Waals surface area contributed by atoms with Gasteiger partial charge in [0.1, 0.15) is 0 Å². The second-order valence-electron chi connectivity index (χ2n) is 4.98. The predicted molar refractivity (Wildman–Crippen MR) is 66.2 cm³/mol. The maximum atomic E-state index is 13.6. The van der Waals surface area contributed by atoms with Crippen LogP contribution in [0.5, 0.6) is 5.75 Å².